The Morgan fingerprint density at radius 1 is 1.12 bits per heavy atom. The van der Waals surface area contributed by atoms with E-state index in [0.717, 1.165) is 28.0 Å². The molecule has 0 saturated heterocycles. The van der Waals surface area contributed by atoms with Crippen LogP contribution in [0, 0.1) is 0 Å². The van der Waals surface area contributed by atoms with Crippen molar-refractivity contribution in [3.8, 4) is 5.75 Å². The SMILES string of the molecule is CCOCc1cc2cc(Cl)ccc2oc1=Nc1cccc(OC)c1. The van der Waals surface area contributed by atoms with Crippen LogP contribution in [0.4, 0.5) is 5.69 Å². The Hall–Kier alpha value is -2.30. The summed E-state index contributed by atoms with van der Waals surface area (Å²) in [6.45, 7) is 2.99. The van der Waals surface area contributed by atoms with Gasteiger partial charge in [-0.1, -0.05) is 17.7 Å². The van der Waals surface area contributed by atoms with E-state index < -0.39 is 0 Å². The molecular weight excluding hydrogens is 326 g/mol. The van der Waals surface area contributed by atoms with Crippen LogP contribution >= 0.6 is 11.6 Å². The van der Waals surface area contributed by atoms with Gasteiger partial charge in [-0.3, -0.25) is 0 Å². The molecule has 0 radical (unpaired) electrons. The minimum absolute atomic E-state index is 0.422. The Bertz CT molecular complexity index is 918. The van der Waals surface area contributed by atoms with Crippen molar-refractivity contribution in [1.29, 1.82) is 0 Å². The molecule has 0 aliphatic heterocycles. The van der Waals surface area contributed by atoms with Crippen molar-refractivity contribution in [2.24, 2.45) is 4.99 Å². The fraction of sp³-hybridized carbons (Fsp3) is 0.211. The lowest BCUT2D eigenvalue weighted by molar-refractivity contribution is 0.131. The Balaban J connectivity index is 2.15. The number of benzene rings is 2. The Morgan fingerprint density at radius 3 is 2.79 bits per heavy atom. The summed E-state index contributed by atoms with van der Waals surface area (Å²) in [5.74, 6) is 0.746. The van der Waals surface area contributed by atoms with Crippen LogP contribution in [-0.2, 0) is 11.3 Å². The molecule has 4 nitrogen and oxygen atoms in total. The number of nitrogens with zero attached hydrogens (tertiary/aromatic N) is 1. The van der Waals surface area contributed by atoms with Crippen LogP contribution < -0.4 is 10.3 Å². The van der Waals surface area contributed by atoms with Gasteiger partial charge in [-0.15, -0.1) is 0 Å². The second kappa shape index (κ2) is 7.51. The summed E-state index contributed by atoms with van der Waals surface area (Å²) in [5, 5.41) is 1.58. The quantitative estimate of drug-likeness (QED) is 0.664. The summed E-state index contributed by atoms with van der Waals surface area (Å²) < 4.78 is 16.8. The predicted molar refractivity (Wildman–Crippen MR) is 94.8 cm³/mol. The first kappa shape index (κ1) is 16.6. The summed E-state index contributed by atoms with van der Waals surface area (Å²) in [6.07, 6.45) is 0. The maximum absolute atomic E-state index is 6.07. The van der Waals surface area contributed by atoms with Crippen LogP contribution in [0.15, 0.2) is 57.9 Å². The molecule has 3 aromatic rings. The molecule has 0 aliphatic rings. The van der Waals surface area contributed by atoms with Gasteiger partial charge >= 0.3 is 0 Å². The molecule has 0 bridgehead atoms. The molecule has 0 saturated carbocycles. The standard InChI is InChI=1S/C19H18ClNO3/c1-3-23-12-14-9-13-10-15(20)7-8-18(13)24-19(14)21-16-5-4-6-17(11-16)22-2/h4-11H,3,12H2,1-2H3. The van der Waals surface area contributed by atoms with Crippen molar-refractivity contribution in [3.05, 3.63) is 64.7 Å². The molecule has 0 unspecified atom stereocenters. The first-order valence-electron chi connectivity index (χ1n) is 7.68. The summed E-state index contributed by atoms with van der Waals surface area (Å²) in [7, 11) is 1.63. The van der Waals surface area contributed by atoms with E-state index in [4.69, 9.17) is 25.5 Å². The van der Waals surface area contributed by atoms with Crippen LogP contribution in [0.1, 0.15) is 12.5 Å². The smallest absolute Gasteiger partial charge is 0.225 e. The van der Waals surface area contributed by atoms with E-state index in [-0.39, 0.29) is 0 Å². The van der Waals surface area contributed by atoms with E-state index in [0.29, 0.717) is 23.8 Å². The molecule has 0 amide bonds. The van der Waals surface area contributed by atoms with Gasteiger partial charge in [-0.05, 0) is 43.3 Å². The fourth-order valence-corrected chi connectivity index (χ4v) is 2.53. The molecule has 3 rings (SSSR count). The normalized spacial score (nSPS) is 11.9. The van der Waals surface area contributed by atoms with Crippen molar-refractivity contribution >= 4 is 28.3 Å². The number of ether oxygens (including phenoxy) is 2. The largest absolute Gasteiger partial charge is 0.497 e. The summed E-state index contributed by atoms with van der Waals surface area (Å²) in [5.41, 5.74) is 2.87. The van der Waals surface area contributed by atoms with Crippen molar-refractivity contribution in [2.75, 3.05) is 13.7 Å². The zero-order valence-corrected chi connectivity index (χ0v) is 14.3. The second-order valence-electron chi connectivity index (χ2n) is 5.21. The fourth-order valence-electron chi connectivity index (χ4n) is 2.35. The molecule has 0 fully saturated rings. The number of halogens is 1. The van der Waals surface area contributed by atoms with E-state index in [2.05, 4.69) is 4.99 Å². The van der Waals surface area contributed by atoms with Crippen LogP contribution in [0.5, 0.6) is 5.75 Å². The van der Waals surface area contributed by atoms with Gasteiger partial charge in [-0.25, -0.2) is 4.99 Å². The molecule has 0 aliphatic carbocycles. The lowest BCUT2D eigenvalue weighted by Crippen LogP contribution is -2.10. The molecule has 1 heterocycles. The van der Waals surface area contributed by atoms with Gasteiger partial charge in [0.1, 0.15) is 11.3 Å². The topological polar surface area (TPSA) is 44.0 Å². The summed E-state index contributed by atoms with van der Waals surface area (Å²) in [4.78, 5) is 4.62. The van der Waals surface area contributed by atoms with Gasteiger partial charge in [0.2, 0.25) is 5.55 Å². The van der Waals surface area contributed by atoms with Gasteiger partial charge in [0.15, 0.2) is 0 Å². The zero-order chi connectivity index (χ0) is 16.9. The highest BCUT2D eigenvalue weighted by Crippen LogP contribution is 2.21. The van der Waals surface area contributed by atoms with Crippen molar-refractivity contribution in [1.82, 2.24) is 0 Å². The second-order valence-corrected chi connectivity index (χ2v) is 5.65. The lowest BCUT2D eigenvalue weighted by Gasteiger charge is -2.06. The van der Waals surface area contributed by atoms with Gasteiger partial charge in [0, 0.05) is 28.6 Å². The maximum atomic E-state index is 6.07. The molecule has 0 atom stereocenters. The first-order chi connectivity index (χ1) is 11.7. The monoisotopic (exact) mass is 343 g/mol. The average molecular weight is 344 g/mol. The maximum Gasteiger partial charge on any atom is 0.225 e. The number of rotatable bonds is 5. The highest BCUT2D eigenvalue weighted by atomic mass is 35.5. The number of fused-ring (bicyclic) bond motifs is 1. The molecule has 24 heavy (non-hydrogen) atoms. The van der Waals surface area contributed by atoms with E-state index in [9.17, 15) is 0 Å². The molecular formula is C19H18ClNO3. The van der Waals surface area contributed by atoms with E-state index in [1.807, 2.05) is 49.4 Å². The lowest BCUT2D eigenvalue weighted by atomic mass is 10.2. The Kier molecular flexibility index (Phi) is 5.18. The third-order valence-electron chi connectivity index (χ3n) is 3.53. The third kappa shape index (κ3) is 3.78. The minimum Gasteiger partial charge on any atom is -0.497 e. The summed E-state index contributed by atoms with van der Waals surface area (Å²) in [6, 6.07) is 15.0. The minimum atomic E-state index is 0.422. The van der Waals surface area contributed by atoms with Crippen LogP contribution in [0.2, 0.25) is 5.02 Å². The van der Waals surface area contributed by atoms with Gasteiger partial charge in [0.25, 0.3) is 0 Å². The van der Waals surface area contributed by atoms with Gasteiger partial charge < -0.3 is 13.9 Å². The number of methoxy groups -OCH3 is 1. The predicted octanol–water partition coefficient (Wildman–Crippen LogP) is 4.86. The molecule has 5 heteroatoms. The van der Waals surface area contributed by atoms with E-state index in [1.54, 1.807) is 13.2 Å². The Labute approximate surface area is 145 Å². The molecule has 1 aromatic heterocycles. The van der Waals surface area contributed by atoms with Crippen molar-refractivity contribution in [2.45, 2.75) is 13.5 Å². The highest BCUT2D eigenvalue weighted by Gasteiger charge is 2.06. The van der Waals surface area contributed by atoms with E-state index in [1.165, 1.54) is 0 Å². The highest BCUT2D eigenvalue weighted by molar-refractivity contribution is 6.31. The molecule has 124 valence electrons. The molecule has 2 aromatic carbocycles. The third-order valence-corrected chi connectivity index (χ3v) is 3.76. The van der Waals surface area contributed by atoms with E-state index >= 15 is 0 Å². The Morgan fingerprint density at radius 2 is 2.00 bits per heavy atom. The number of hydrogen-bond donors (Lipinski definition) is 0. The summed E-state index contributed by atoms with van der Waals surface area (Å²) >= 11 is 6.07. The molecule has 0 N–H and O–H groups in total. The first-order valence-corrected chi connectivity index (χ1v) is 8.06. The number of hydrogen-bond acceptors (Lipinski definition) is 4. The van der Waals surface area contributed by atoms with Gasteiger partial charge in [-0.2, -0.15) is 0 Å². The van der Waals surface area contributed by atoms with Crippen molar-refractivity contribution in [3.63, 3.8) is 0 Å². The van der Waals surface area contributed by atoms with Crippen molar-refractivity contribution < 1.29 is 13.9 Å². The van der Waals surface area contributed by atoms with Gasteiger partial charge in [0.05, 0.1) is 19.4 Å². The molecule has 0 spiro atoms. The van der Waals surface area contributed by atoms with Crippen LogP contribution in [0.25, 0.3) is 11.0 Å². The zero-order valence-electron chi connectivity index (χ0n) is 13.6. The van der Waals surface area contributed by atoms with Crippen LogP contribution in [-0.4, -0.2) is 13.7 Å². The average Bonchev–Trinajstić information content (AvgIpc) is 2.60. The van der Waals surface area contributed by atoms with Crippen LogP contribution in [0.3, 0.4) is 0 Å².